The van der Waals surface area contributed by atoms with Crippen LogP contribution in [0.4, 0.5) is 0 Å². The fraction of sp³-hybridized carbons (Fsp3) is 0.238. The highest BCUT2D eigenvalue weighted by Crippen LogP contribution is 2.42. The number of hydrogen-bond acceptors (Lipinski definition) is 8. The molecule has 0 atom stereocenters. The number of esters is 1. The molecule has 8 heteroatoms. The molecule has 8 nitrogen and oxygen atoms in total. The van der Waals surface area contributed by atoms with Gasteiger partial charge in [-0.25, -0.2) is 4.79 Å². The lowest BCUT2D eigenvalue weighted by atomic mass is 10.1. The fourth-order valence-electron chi connectivity index (χ4n) is 2.78. The van der Waals surface area contributed by atoms with Crippen LogP contribution in [0.3, 0.4) is 0 Å². The number of phenols is 1. The molecule has 2 aromatic carbocycles. The highest BCUT2D eigenvalue weighted by Gasteiger charge is 2.21. The molecule has 1 N–H and O–H groups in total. The molecular formula is C21H20O8. The summed E-state index contributed by atoms with van der Waals surface area (Å²) in [6.45, 7) is 1.41. The third-order valence-electron chi connectivity index (χ3n) is 4.15. The van der Waals surface area contributed by atoms with E-state index in [4.69, 9.17) is 23.4 Å². The molecule has 3 rings (SSSR count). The van der Waals surface area contributed by atoms with Crippen LogP contribution in [0, 0.1) is 0 Å². The first kappa shape index (κ1) is 20.1. The highest BCUT2D eigenvalue weighted by molar-refractivity contribution is 5.89. The normalized spacial score (nSPS) is 10.6. The standard InChI is InChI=1S/C21H20O8/c1-4-27-18(23)11-28-21-17(26-3)10-16-19(20(21)24)14(22)9-15(29-16)12-5-7-13(25-2)8-6-12/h5-10,24H,4,11H2,1-3H3. The van der Waals surface area contributed by atoms with Crippen LogP contribution in [0.5, 0.6) is 23.0 Å². The quantitative estimate of drug-likeness (QED) is 0.603. The smallest absolute Gasteiger partial charge is 0.344 e. The van der Waals surface area contributed by atoms with Crippen LogP contribution in [0.15, 0.2) is 45.6 Å². The Morgan fingerprint density at radius 1 is 1.10 bits per heavy atom. The first-order valence-electron chi connectivity index (χ1n) is 8.79. The summed E-state index contributed by atoms with van der Waals surface area (Å²) in [5.41, 5.74) is 0.297. The van der Waals surface area contributed by atoms with E-state index in [2.05, 4.69) is 0 Å². The van der Waals surface area contributed by atoms with Crippen molar-refractivity contribution in [3.05, 3.63) is 46.6 Å². The van der Waals surface area contributed by atoms with Gasteiger partial charge in [-0.3, -0.25) is 4.79 Å². The molecule has 0 bridgehead atoms. The Kier molecular flexibility index (Phi) is 5.92. The number of aromatic hydroxyl groups is 1. The van der Waals surface area contributed by atoms with Crippen molar-refractivity contribution < 1.29 is 33.3 Å². The first-order chi connectivity index (χ1) is 14.0. The molecule has 0 aliphatic heterocycles. The maximum atomic E-state index is 12.7. The largest absolute Gasteiger partial charge is 0.504 e. The molecule has 0 saturated heterocycles. The lowest BCUT2D eigenvalue weighted by Gasteiger charge is -2.14. The number of ether oxygens (including phenoxy) is 4. The monoisotopic (exact) mass is 400 g/mol. The van der Waals surface area contributed by atoms with Crippen LogP contribution in [-0.4, -0.2) is 38.5 Å². The van der Waals surface area contributed by atoms with Crippen molar-refractivity contribution >= 4 is 16.9 Å². The van der Waals surface area contributed by atoms with E-state index in [1.54, 1.807) is 38.3 Å². The number of fused-ring (bicyclic) bond motifs is 1. The maximum Gasteiger partial charge on any atom is 0.344 e. The van der Waals surface area contributed by atoms with Crippen molar-refractivity contribution in [2.24, 2.45) is 0 Å². The van der Waals surface area contributed by atoms with E-state index in [-0.39, 0.29) is 29.1 Å². The minimum Gasteiger partial charge on any atom is -0.504 e. The zero-order valence-corrected chi connectivity index (χ0v) is 16.2. The molecule has 0 aliphatic carbocycles. The lowest BCUT2D eigenvalue weighted by molar-refractivity contribution is -0.145. The van der Waals surface area contributed by atoms with Crippen molar-refractivity contribution in [1.82, 2.24) is 0 Å². The van der Waals surface area contributed by atoms with Crippen LogP contribution in [0.1, 0.15) is 6.92 Å². The minimum atomic E-state index is -0.615. The van der Waals surface area contributed by atoms with Gasteiger partial charge in [-0.05, 0) is 31.2 Å². The Morgan fingerprint density at radius 3 is 2.45 bits per heavy atom. The predicted molar refractivity (Wildman–Crippen MR) is 105 cm³/mol. The van der Waals surface area contributed by atoms with Gasteiger partial charge in [0.2, 0.25) is 5.75 Å². The van der Waals surface area contributed by atoms with Crippen molar-refractivity contribution in [3.63, 3.8) is 0 Å². The van der Waals surface area contributed by atoms with Gasteiger partial charge in [0.15, 0.2) is 23.5 Å². The van der Waals surface area contributed by atoms with Crippen molar-refractivity contribution in [3.8, 4) is 34.3 Å². The molecule has 0 radical (unpaired) electrons. The van der Waals surface area contributed by atoms with Gasteiger partial charge in [0, 0.05) is 17.7 Å². The zero-order chi connectivity index (χ0) is 21.0. The summed E-state index contributed by atoms with van der Waals surface area (Å²) in [6.07, 6.45) is 0. The van der Waals surface area contributed by atoms with Gasteiger partial charge in [0.1, 0.15) is 22.5 Å². The Balaban J connectivity index is 2.06. The Bertz CT molecular complexity index is 1080. The summed E-state index contributed by atoms with van der Waals surface area (Å²) in [5.74, 6) is -0.145. The summed E-state index contributed by atoms with van der Waals surface area (Å²) in [4.78, 5) is 24.2. The van der Waals surface area contributed by atoms with Crippen molar-refractivity contribution in [1.29, 1.82) is 0 Å². The van der Waals surface area contributed by atoms with Crippen LogP contribution in [-0.2, 0) is 9.53 Å². The highest BCUT2D eigenvalue weighted by atomic mass is 16.6. The molecular weight excluding hydrogens is 380 g/mol. The van der Waals surface area contributed by atoms with Crippen molar-refractivity contribution in [2.75, 3.05) is 27.4 Å². The van der Waals surface area contributed by atoms with Crippen LogP contribution in [0.2, 0.25) is 0 Å². The first-order valence-corrected chi connectivity index (χ1v) is 8.79. The van der Waals surface area contributed by atoms with Gasteiger partial charge in [-0.1, -0.05) is 0 Å². The predicted octanol–water partition coefficient (Wildman–Crippen LogP) is 3.12. The second kappa shape index (κ2) is 8.55. The van der Waals surface area contributed by atoms with Gasteiger partial charge in [-0.2, -0.15) is 0 Å². The van der Waals surface area contributed by atoms with Gasteiger partial charge >= 0.3 is 5.97 Å². The SMILES string of the molecule is CCOC(=O)COc1c(OC)cc2oc(-c3ccc(OC)cc3)cc(=O)c2c1O. The molecule has 0 amide bonds. The topological polar surface area (TPSA) is 104 Å². The third-order valence-corrected chi connectivity index (χ3v) is 4.15. The van der Waals surface area contributed by atoms with E-state index >= 15 is 0 Å². The molecule has 0 fully saturated rings. The summed E-state index contributed by atoms with van der Waals surface area (Å²) in [6, 6.07) is 9.66. The molecule has 1 aromatic heterocycles. The molecule has 0 spiro atoms. The number of benzene rings is 2. The average molecular weight is 400 g/mol. The summed E-state index contributed by atoms with van der Waals surface area (Å²) >= 11 is 0. The zero-order valence-electron chi connectivity index (χ0n) is 16.2. The Labute approximate surface area is 166 Å². The number of carbonyl (C=O) groups excluding carboxylic acids is 1. The van der Waals surface area contributed by atoms with E-state index in [0.29, 0.717) is 17.1 Å². The van der Waals surface area contributed by atoms with E-state index in [1.807, 2.05) is 0 Å². The second-order valence-corrected chi connectivity index (χ2v) is 5.93. The Hall–Kier alpha value is -3.68. The van der Waals surface area contributed by atoms with Gasteiger partial charge in [0.05, 0.1) is 20.8 Å². The molecule has 3 aromatic rings. The molecule has 1 heterocycles. The minimum absolute atomic E-state index is 0.0816. The van der Waals surface area contributed by atoms with Crippen LogP contribution >= 0.6 is 0 Å². The maximum absolute atomic E-state index is 12.7. The summed E-state index contributed by atoms with van der Waals surface area (Å²) in [7, 11) is 2.92. The van der Waals surface area contributed by atoms with E-state index < -0.39 is 23.8 Å². The van der Waals surface area contributed by atoms with Gasteiger partial charge < -0.3 is 28.5 Å². The van der Waals surface area contributed by atoms with E-state index in [0.717, 1.165) is 0 Å². The number of hydrogen-bond donors (Lipinski definition) is 1. The van der Waals surface area contributed by atoms with Crippen LogP contribution in [0.25, 0.3) is 22.3 Å². The molecule has 0 saturated carbocycles. The van der Waals surface area contributed by atoms with Crippen LogP contribution < -0.4 is 19.6 Å². The molecule has 0 aliphatic rings. The molecule has 29 heavy (non-hydrogen) atoms. The fourth-order valence-corrected chi connectivity index (χ4v) is 2.78. The van der Waals surface area contributed by atoms with E-state index in [1.165, 1.54) is 19.2 Å². The third kappa shape index (κ3) is 4.11. The number of methoxy groups -OCH3 is 2. The molecule has 152 valence electrons. The lowest BCUT2D eigenvalue weighted by Crippen LogP contribution is -2.15. The number of phenolic OH excluding ortho intramolecular Hbond substituents is 1. The number of carbonyl (C=O) groups is 1. The summed E-state index contributed by atoms with van der Waals surface area (Å²) < 4.78 is 26.3. The van der Waals surface area contributed by atoms with Gasteiger partial charge in [-0.15, -0.1) is 0 Å². The number of rotatable bonds is 7. The van der Waals surface area contributed by atoms with Gasteiger partial charge in [0.25, 0.3) is 0 Å². The molecule has 0 unspecified atom stereocenters. The average Bonchev–Trinajstić information content (AvgIpc) is 2.72. The second-order valence-electron chi connectivity index (χ2n) is 5.93. The van der Waals surface area contributed by atoms with E-state index in [9.17, 15) is 14.7 Å². The summed E-state index contributed by atoms with van der Waals surface area (Å²) in [5, 5.41) is 10.5. The van der Waals surface area contributed by atoms with Crippen molar-refractivity contribution in [2.45, 2.75) is 6.92 Å². The Morgan fingerprint density at radius 2 is 1.83 bits per heavy atom.